The van der Waals surface area contributed by atoms with E-state index in [1.807, 2.05) is 34.7 Å². The molecule has 0 saturated carbocycles. The molecule has 0 aliphatic heterocycles. The van der Waals surface area contributed by atoms with Crippen LogP contribution in [0.5, 0.6) is 5.75 Å². The topological polar surface area (TPSA) is 81.4 Å². The Morgan fingerprint density at radius 3 is 2.65 bits per heavy atom. The van der Waals surface area contributed by atoms with Crippen molar-refractivity contribution >= 4 is 62.3 Å². The molecule has 10 heteroatoms. The molecule has 0 atom stereocenters. The summed E-state index contributed by atoms with van der Waals surface area (Å²) in [5.41, 5.74) is 4.18. The van der Waals surface area contributed by atoms with E-state index in [4.69, 9.17) is 9.72 Å². The van der Waals surface area contributed by atoms with Crippen LogP contribution in [-0.2, 0) is 23.4 Å². The zero-order chi connectivity index (χ0) is 25.2. The van der Waals surface area contributed by atoms with Crippen LogP contribution in [-0.4, -0.2) is 38.4 Å². The Kier molecular flexibility index (Phi) is 7.04. The maximum absolute atomic E-state index is 12.7. The van der Waals surface area contributed by atoms with Crippen LogP contribution in [0.3, 0.4) is 0 Å². The first-order valence-electron chi connectivity index (χ1n) is 12.1. The number of fused-ring (bicyclic) bond motifs is 5. The van der Waals surface area contributed by atoms with E-state index < -0.39 is 0 Å². The van der Waals surface area contributed by atoms with Gasteiger partial charge in [-0.05, 0) is 61.1 Å². The molecule has 0 bridgehead atoms. The highest BCUT2D eigenvalue weighted by atomic mass is 32.2. The number of benzene rings is 2. The molecule has 2 aromatic carbocycles. The van der Waals surface area contributed by atoms with E-state index in [1.165, 1.54) is 40.6 Å². The van der Waals surface area contributed by atoms with Gasteiger partial charge in [-0.15, -0.1) is 21.5 Å². The Bertz CT molecular complexity index is 1560. The average molecular weight is 548 g/mol. The number of thioether (sulfide) groups is 2. The zero-order valence-corrected chi connectivity index (χ0v) is 22.7. The van der Waals surface area contributed by atoms with Crippen LogP contribution in [0.2, 0.25) is 0 Å². The molecule has 3 aromatic heterocycles. The van der Waals surface area contributed by atoms with Gasteiger partial charge in [0.05, 0.1) is 18.2 Å². The van der Waals surface area contributed by atoms with Crippen LogP contribution < -0.4 is 10.1 Å². The fourth-order valence-corrected chi connectivity index (χ4v) is 7.57. The third-order valence-corrected chi connectivity index (χ3v) is 9.44. The van der Waals surface area contributed by atoms with Crippen molar-refractivity contribution in [3.05, 3.63) is 70.6 Å². The predicted molar refractivity (Wildman–Crippen MR) is 151 cm³/mol. The van der Waals surface area contributed by atoms with Crippen LogP contribution in [0.15, 0.2) is 64.9 Å². The molecule has 5 aromatic rings. The van der Waals surface area contributed by atoms with Gasteiger partial charge in [0.1, 0.15) is 10.6 Å². The first kappa shape index (κ1) is 24.3. The second-order valence-electron chi connectivity index (χ2n) is 8.77. The standard InChI is InChI=1S/C27H25N5O2S3/c1-34-19-13-11-18(12-14-19)28-22(33)16-36-27-31-30-24-23-20-9-5-6-10-21(20)37-25(23)29-26(32(24)27)35-15-17-7-3-2-4-8-17/h2-4,7-8,11-14H,5-6,9-10,15-16H2,1H3,(H,28,33). The number of methoxy groups -OCH3 is 1. The smallest absolute Gasteiger partial charge is 0.234 e. The van der Waals surface area contributed by atoms with E-state index in [0.717, 1.165) is 51.1 Å². The van der Waals surface area contributed by atoms with Crippen LogP contribution in [0.4, 0.5) is 5.69 Å². The Balaban J connectivity index is 1.30. The third kappa shape index (κ3) is 5.05. The molecule has 188 valence electrons. The molecule has 0 saturated heterocycles. The number of hydrogen-bond acceptors (Lipinski definition) is 8. The quantitative estimate of drug-likeness (QED) is 0.182. The molecule has 0 radical (unpaired) electrons. The minimum absolute atomic E-state index is 0.104. The SMILES string of the molecule is COc1ccc(NC(=O)CSc2nnc3c4c5c(sc4nc(SCc4ccccc4)n23)CCCC5)cc1. The molecule has 1 aliphatic carbocycles. The van der Waals surface area contributed by atoms with Crippen molar-refractivity contribution in [1.82, 2.24) is 19.6 Å². The normalized spacial score (nSPS) is 13.1. The van der Waals surface area contributed by atoms with Crippen molar-refractivity contribution in [2.75, 3.05) is 18.2 Å². The number of amides is 1. The van der Waals surface area contributed by atoms with Gasteiger partial charge >= 0.3 is 0 Å². The monoisotopic (exact) mass is 547 g/mol. The second kappa shape index (κ2) is 10.7. The van der Waals surface area contributed by atoms with Gasteiger partial charge in [-0.3, -0.25) is 4.79 Å². The molecule has 3 heterocycles. The number of aryl methyl sites for hydroxylation is 2. The van der Waals surface area contributed by atoms with Gasteiger partial charge in [0.15, 0.2) is 16.0 Å². The van der Waals surface area contributed by atoms with E-state index in [9.17, 15) is 4.79 Å². The summed E-state index contributed by atoms with van der Waals surface area (Å²) in [5.74, 6) is 1.65. The van der Waals surface area contributed by atoms with Gasteiger partial charge in [-0.1, -0.05) is 53.9 Å². The van der Waals surface area contributed by atoms with Crippen molar-refractivity contribution in [3.63, 3.8) is 0 Å². The molecule has 0 fully saturated rings. The van der Waals surface area contributed by atoms with E-state index in [2.05, 4.69) is 39.8 Å². The molecule has 1 N–H and O–H groups in total. The van der Waals surface area contributed by atoms with Crippen LogP contribution in [0.1, 0.15) is 28.8 Å². The minimum atomic E-state index is -0.104. The molecule has 0 unspecified atom stereocenters. The lowest BCUT2D eigenvalue weighted by Crippen LogP contribution is -2.14. The predicted octanol–water partition coefficient (Wildman–Crippen LogP) is 6.25. The summed E-state index contributed by atoms with van der Waals surface area (Å²) >= 11 is 4.85. The summed E-state index contributed by atoms with van der Waals surface area (Å²) in [6.07, 6.45) is 4.58. The first-order valence-corrected chi connectivity index (χ1v) is 14.9. The minimum Gasteiger partial charge on any atom is -0.497 e. The fraction of sp³-hybridized carbons (Fsp3) is 0.259. The molecular formula is C27H25N5O2S3. The number of thiophene rings is 1. The molecule has 1 amide bonds. The van der Waals surface area contributed by atoms with Gasteiger partial charge in [-0.25, -0.2) is 9.38 Å². The highest BCUT2D eigenvalue weighted by Crippen LogP contribution is 2.40. The van der Waals surface area contributed by atoms with Crippen LogP contribution >= 0.6 is 34.9 Å². The highest BCUT2D eigenvalue weighted by molar-refractivity contribution is 8.00. The van der Waals surface area contributed by atoms with Gasteiger partial charge in [0, 0.05) is 16.3 Å². The second-order valence-corrected chi connectivity index (χ2v) is 11.7. The Morgan fingerprint density at radius 2 is 1.84 bits per heavy atom. The maximum atomic E-state index is 12.7. The summed E-state index contributed by atoms with van der Waals surface area (Å²) in [6.45, 7) is 0. The van der Waals surface area contributed by atoms with Gasteiger partial charge in [-0.2, -0.15) is 0 Å². The van der Waals surface area contributed by atoms with E-state index in [1.54, 1.807) is 30.2 Å². The van der Waals surface area contributed by atoms with E-state index >= 15 is 0 Å². The van der Waals surface area contributed by atoms with E-state index in [-0.39, 0.29) is 11.7 Å². The number of nitrogens with zero attached hydrogens (tertiary/aromatic N) is 4. The third-order valence-electron chi connectivity index (χ3n) is 6.32. The van der Waals surface area contributed by atoms with Gasteiger partial charge < -0.3 is 10.1 Å². The number of ether oxygens (including phenoxy) is 1. The molecule has 7 nitrogen and oxygen atoms in total. The largest absolute Gasteiger partial charge is 0.497 e. The lowest BCUT2D eigenvalue weighted by atomic mass is 9.97. The number of rotatable bonds is 8. The zero-order valence-electron chi connectivity index (χ0n) is 20.3. The fourth-order valence-electron chi connectivity index (χ4n) is 4.52. The van der Waals surface area contributed by atoms with E-state index in [0.29, 0.717) is 5.16 Å². The van der Waals surface area contributed by atoms with Crippen molar-refractivity contribution in [2.45, 2.75) is 41.7 Å². The van der Waals surface area contributed by atoms with Crippen molar-refractivity contribution < 1.29 is 9.53 Å². The summed E-state index contributed by atoms with van der Waals surface area (Å²) in [4.78, 5) is 20.3. The van der Waals surface area contributed by atoms with Gasteiger partial charge in [0.25, 0.3) is 0 Å². The number of hydrogen-bond donors (Lipinski definition) is 1. The lowest BCUT2D eigenvalue weighted by molar-refractivity contribution is -0.113. The lowest BCUT2D eigenvalue weighted by Gasteiger charge is -2.11. The van der Waals surface area contributed by atoms with Gasteiger partial charge in [0.2, 0.25) is 5.91 Å². The first-order chi connectivity index (χ1) is 18.2. The van der Waals surface area contributed by atoms with Crippen molar-refractivity contribution in [1.29, 1.82) is 0 Å². The van der Waals surface area contributed by atoms with Crippen LogP contribution in [0.25, 0.3) is 15.9 Å². The number of carbonyl (C=O) groups excluding carboxylic acids is 1. The molecule has 1 aliphatic rings. The Morgan fingerprint density at radius 1 is 1.03 bits per heavy atom. The average Bonchev–Trinajstić information content (AvgIpc) is 3.53. The molecule has 0 spiro atoms. The Hall–Kier alpha value is -3.08. The summed E-state index contributed by atoms with van der Waals surface area (Å²) < 4.78 is 7.23. The number of anilines is 1. The highest BCUT2D eigenvalue weighted by Gasteiger charge is 2.24. The van der Waals surface area contributed by atoms with Crippen molar-refractivity contribution in [3.8, 4) is 5.75 Å². The number of carbonyl (C=O) groups is 1. The van der Waals surface area contributed by atoms with Crippen molar-refractivity contribution in [2.24, 2.45) is 0 Å². The van der Waals surface area contributed by atoms with Crippen LogP contribution in [0, 0.1) is 0 Å². The maximum Gasteiger partial charge on any atom is 0.234 e. The Labute approximate surface area is 227 Å². The number of aromatic nitrogens is 4. The summed E-state index contributed by atoms with van der Waals surface area (Å²) in [7, 11) is 1.62. The molecular weight excluding hydrogens is 523 g/mol. The molecule has 37 heavy (non-hydrogen) atoms. The molecule has 6 rings (SSSR count). The number of nitrogens with one attached hydrogen (secondary N) is 1. The summed E-state index contributed by atoms with van der Waals surface area (Å²) in [5, 5.41) is 14.8. The summed E-state index contributed by atoms with van der Waals surface area (Å²) in [6, 6.07) is 17.7.